The van der Waals surface area contributed by atoms with E-state index in [9.17, 15) is 35.1 Å². The molecule has 0 spiro atoms. The van der Waals surface area contributed by atoms with Crippen molar-refractivity contribution in [2.75, 3.05) is 0 Å². The summed E-state index contributed by atoms with van der Waals surface area (Å²) in [5.41, 5.74) is -0.0630. The zero-order valence-corrected chi connectivity index (χ0v) is 25.0. The monoisotopic (exact) mass is 664 g/mol. The van der Waals surface area contributed by atoms with Gasteiger partial charge in [-0.25, -0.2) is 17.6 Å². The molecule has 1 aliphatic carbocycles. The summed E-state index contributed by atoms with van der Waals surface area (Å²) in [4.78, 5) is 0. The number of halogens is 9. The molecule has 1 saturated carbocycles. The smallest absolute Gasteiger partial charge is 0.429 e. The first kappa shape index (κ1) is 33.9. The fourth-order valence-electron chi connectivity index (χ4n) is 5.81. The van der Waals surface area contributed by atoms with Gasteiger partial charge in [0.2, 0.25) is 0 Å². The average Bonchev–Trinajstić information content (AvgIpc) is 3.00. The summed E-state index contributed by atoms with van der Waals surface area (Å²) in [6.45, 7) is 2.12. The second-order valence-electron chi connectivity index (χ2n) is 11.3. The van der Waals surface area contributed by atoms with Gasteiger partial charge in [0.15, 0.2) is 11.6 Å². The highest BCUT2D eigenvalue weighted by Crippen LogP contribution is 2.40. The Balaban J connectivity index is 1.30. The molecule has 11 heteroatoms. The van der Waals surface area contributed by atoms with Gasteiger partial charge in [0.1, 0.15) is 28.8 Å². The van der Waals surface area contributed by atoms with Crippen molar-refractivity contribution in [3.05, 3.63) is 119 Å². The van der Waals surface area contributed by atoms with Gasteiger partial charge in [-0.1, -0.05) is 55.5 Å². The van der Waals surface area contributed by atoms with Crippen molar-refractivity contribution in [3.8, 4) is 33.8 Å². The topological polar surface area (TPSA) is 18.5 Å². The molecule has 4 aromatic carbocycles. The van der Waals surface area contributed by atoms with Gasteiger partial charge in [-0.15, -0.1) is 13.2 Å². The first-order valence-corrected chi connectivity index (χ1v) is 14.9. The first-order valence-electron chi connectivity index (χ1n) is 14.9. The van der Waals surface area contributed by atoms with Gasteiger partial charge in [-0.2, -0.15) is 8.78 Å². The minimum atomic E-state index is -5.25. The maximum absolute atomic E-state index is 15.2. The van der Waals surface area contributed by atoms with Crippen molar-refractivity contribution in [2.45, 2.75) is 57.4 Å². The predicted molar refractivity (Wildman–Crippen MR) is 159 cm³/mol. The maximum atomic E-state index is 15.2. The SMILES string of the molecule is CC/C=C/C1CCC(c2ccc(-c3ccc(-c4cc(F)c(C(F)(F)Oc5ccc(OC(F)(F)F)c(F)c5)c(F)c4)c(F)c3)cc2)CC1. The number of benzene rings is 4. The molecule has 0 aliphatic heterocycles. The maximum Gasteiger partial charge on any atom is 0.573 e. The molecular weight excluding hydrogens is 635 g/mol. The van der Waals surface area contributed by atoms with Crippen molar-refractivity contribution < 1.29 is 49.0 Å². The summed E-state index contributed by atoms with van der Waals surface area (Å²) in [5.74, 6) is -7.46. The van der Waals surface area contributed by atoms with Crippen molar-refractivity contribution in [3.63, 3.8) is 0 Å². The molecule has 0 heterocycles. The van der Waals surface area contributed by atoms with E-state index in [-0.39, 0.29) is 17.2 Å². The van der Waals surface area contributed by atoms with E-state index < -0.39 is 52.8 Å². The fourth-order valence-corrected chi connectivity index (χ4v) is 5.81. The molecule has 0 aromatic heterocycles. The van der Waals surface area contributed by atoms with E-state index in [2.05, 4.69) is 28.5 Å². The van der Waals surface area contributed by atoms with Crippen molar-refractivity contribution in [1.29, 1.82) is 0 Å². The molecule has 0 N–H and O–H groups in total. The summed E-state index contributed by atoms with van der Waals surface area (Å²) < 4.78 is 133. The molecule has 4 aromatic rings. The molecule has 0 amide bonds. The van der Waals surface area contributed by atoms with Crippen LogP contribution < -0.4 is 9.47 Å². The highest BCUT2D eigenvalue weighted by molar-refractivity contribution is 5.71. The second kappa shape index (κ2) is 13.8. The molecule has 0 saturated heterocycles. The van der Waals surface area contributed by atoms with Gasteiger partial charge in [0.25, 0.3) is 0 Å². The van der Waals surface area contributed by atoms with Crippen LogP contribution in [0.1, 0.15) is 56.1 Å². The average molecular weight is 665 g/mol. The van der Waals surface area contributed by atoms with Crippen LogP contribution in [-0.2, 0) is 6.11 Å². The largest absolute Gasteiger partial charge is 0.573 e. The van der Waals surface area contributed by atoms with E-state index in [0.717, 1.165) is 37.7 Å². The Bertz CT molecular complexity index is 1720. The Hall–Kier alpha value is -4.41. The van der Waals surface area contributed by atoms with Gasteiger partial charge in [-0.05, 0) is 96.5 Å². The van der Waals surface area contributed by atoms with Crippen LogP contribution in [0.5, 0.6) is 11.5 Å². The molecule has 0 bridgehead atoms. The minimum Gasteiger partial charge on any atom is -0.429 e. The lowest BCUT2D eigenvalue weighted by Gasteiger charge is -2.27. The number of rotatable bonds is 9. The summed E-state index contributed by atoms with van der Waals surface area (Å²) in [7, 11) is 0. The highest BCUT2D eigenvalue weighted by atomic mass is 19.4. The van der Waals surface area contributed by atoms with Gasteiger partial charge in [-0.3, -0.25) is 0 Å². The van der Waals surface area contributed by atoms with Crippen LogP contribution in [0.2, 0.25) is 0 Å². The third-order valence-corrected chi connectivity index (χ3v) is 8.12. The quantitative estimate of drug-likeness (QED) is 0.131. The molecule has 0 radical (unpaired) electrons. The van der Waals surface area contributed by atoms with E-state index in [0.29, 0.717) is 41.7 Å². The lowest BCUT2D eigenvalue weighted by atomic mass is 9.78. The number of ether oxygens (including phenoxy) is 2. The van der Waals surface area contributed by atoms with E-state index in [1.807, 2.05) is 24.3 Å². The van der Waals surface area contributed by atoms with Crippen LogP contribution in [0.4, 0.5) is 39.5 Å². The Morgan fingerprint density at radius 1 is 0.660 bits per heavy atom. The standard InChI is InChI=1S/C36H29F9O2/c1-2-3-4-21-5-7-22(8-6-21)23-9-11-24(12-10-23)25-13-15-28(29(37)17-25)26-18-31(39)34(32(40)19-26)35(41,42)46-27-14-16-33(30(38)20-27)47-36(43,44)45/h3-4,9-22H,2,5-8H2,1H3/b4-3+. The van der Waals surface area contributed by atoms with Gasteiger partial charge < -0.3 is 9.47 Å². The summed E-state index contributed by atoms with van der Waals surface area (Å²) in [6, 6.07) is 13.8. The molecule has 1 fully saturated rings. The fraction of sp³-hybridized carbons (Fsp3) is 0.278. The van der Waals surface area contributed by atoms with Gasteiger partial charge in [0.05, 0.1) is 0 Å². The summed E-state index contributed by atoms with van der Waals surface area (Å²) >= 11 is 0. The third-order valence-electron chi connectivity index (χ3n) is 8.12. The van der Waals surface area contributed by atoms with Crippen LogP contribution in [-0.4, -0.2) is 6.36 Å². The Kier molecular flexibility index (Phi) is 9.93. The molecule has 0 unspecified atom stereocenters. The van der Waals surface area contributed by atoms with Crippen molar-refractivity contribution in [1.82, 2.24) is 0 Å². The Labute approximate surface area is 265 Å². The molecular formula is C36H29F9O2. The highest BCUT2D eigenvalue weighted by Gasteiger charge is 2.42. The van der Waals surface area contributed by atoms with E-state index >= 15 is 4.39 Å². The molecule has 2 nitrogen and oxygen atoms in total. The van der Waals surface area contributed by atoms with Crippen LogP contribution in [0.3, 0.4) is 0 Å². The van der Waals surface area contributed by atoms with Crippen LogP contribution >= 0.6 is 0 Å². The van der Waals surface area contributed by atoms with Gasteiger partial charge in [0, 0.05) is 11.6 Å². The minimum absolute atomic E-state index is 0.140. The van der Waals surface area contributed by atoms with E-state index in [1.165, 1.54) is 17.7 Å². The van der Waals surface area contributed by atoms with Crippen molar-refractivity contribution >= 4 is 0 Å². The van der Waals surface area contributed by atoms with E-state index in [1.54, 1.807) is 6.07 Å². The summed E-state index contributed by atoms with van der Waals surface area (Å²) in [5, 5.41) is 0. The van der Waals surface area contributed by atoms with Gasteiger partial charge >= 0.3 is 12.5 Å². The first-order chi connectivity index (χ1) is 22.2. The Morgan fingerprint density at radius 3 is 1.85 bits per heavy atom. The van der Waals surface area contributed by atoms with Crippen LogP contribution in [0, 0.1) is 29.2 Å². The normalized spacial score (nSPS) is 17.2. The van der Waals surface area contributed by atoms with E-state index in [4.69, 9.17) is 0 Å². The molecule has 1 aliphatic rings. The number of hydrogen-bond donors (Lipinski definition) is 0. The molecule has 0 atom stereocenters. The number of hydrogen-bond acceptors (Lipinski definition) is 2. The zero-order chi connectivity index (χ0) is 33.9. The lowest BCUT2D eigenvalue weighted by Crippen LogP contribution is -2.25. The van der Waals surface area contributed by atoms with Crippen LogP contribution in [0.15, 0.2) is 84.9 Å². The van der Waals surface area contributed by atoms with Crippen LogP contribution in [0.25, 0.3) is 22.3 Å². The summed E-state index contributed by atoms with van der Waals surface area (Å²) in [6.07, 6.45) is -0.0375. The predicted octanol–water partition coefficient (Wildman–Crippen LogP) is 11.8. The molecule has 5 rings (SSSR count). The Morgan fingerprint density at radius 2 is 1.28 bits per heavy atom. The van der Waals surface area contributed by atoms with Crippen molar-refractivity contribution in [2.24, 2.45) is 5.92 Å². The zero-order valence-electron chi connectivity index (χ0n) is 25.0. The number of alkyl halides is 5. The number of allylic oxidation sites excluding steroid dienone is 2. The lowest BCUT2D eigenvalue weighted by molar-refractivity contribution is -0.275. The second-order valence-corrected chi connectivity index (χ2v) is 11.3. The third kappa shape index (κ3) is 8.12. The molecule has 248 valence electrons. The molecule has 47 heavy (non-hydrogen) atoms.